The second-order valence-electron chi connectivity index (χ2n) is 9.95. The number of rotatable bonds is 11. The van der Waals surface area contributed by atoms with E-state index in [9.17, 15) is 24.0 Å². The van der Waals surface area contributed by atoms with Gasteiger partial charge in [-0.05, 0) is 58.8 Å². The quantitative estimate of drug-likeness (QED) is 0.175. The Kier molecular flexibility index (Phi) is 12.1. The van der Waals surface area contributed by atoms with Crippen LogP contribution in [0.5, 0.6) is 0 Å². The summed E-state index contributed by atoms with van der Waals surface area (Å²) in [7, 11) is 0. The molecule has 200 valence electrons. The number of likely N-dealkylation sites (tertiary alicyclic amines) is 1. The molecular weight excluding hydrogens is 458 g/mol. The molecular formula is C23H41N5O7. The highest BCUT2D eigenvalue weighted by atomic mass is 16.6. The van der Waals surface area contributed by atoms with E-state index in [0.717, 1.165) is 0 Å². The van der Waals surface area contributed by atoms with Crippen LogP contribution < -0.4 is 22.1 Å². The van der Waals surface area contributed by atoms with Crippen molar-refractivity contribution in [2.24, 2.45) is 17.4 Å². The number of esters is 2. The molecule has 0 radical (unpaired) electrons. The number of alkyl carbamates (subject to hydrolysis) is 1. The molecule has 0 saturated carbocycles. The summed E-state index contributed by atoms with van der Waals surface area (Å²) >= 11 is 0. The largest absolute Gasteiger partial charge is 0.444 e. The number of hydrogen-bond acceptors (Lipinski definition) is 9. The van der Waals surface area contributed by atoms with E-state index in [1.807, 2.05) is 0 Å². The molecule has 1 aliphatic rings. The number of nitrogens with zero attached hydrogens (tertiary/aromatic N) is 1. The van der Waals surface area contributed by atoms with Crippen molar-refractivity contribution in [3.8, 4) is 0 Å². The lowest BCUT2D eigenvalue weighted by molar-refractivity contribution is -0.163. The Morgan fingerprint density at radius 3 is 2.31 bits per heavy atom. The molecule has 0 unspecified atom stereocenters. The van der Waals surface area contributed by atoms with Gasteiger partial charge in [0.2, 0.25) is 11.8 Å². The average molecular weight is 500 g/mol. The first-order valence-electron chi connectivity index (χ1n) is 12.0. The zero-order valence-corrected chi connectivity index (χ0v) is 21.4. The predicted molar refractivity (Wildman–Crippen MR) is 128 cm³/mol. The highest BCUT2D eigenvalue weighted by molar-refractivity contribution is 5.95. The predicted octanol–water partition coefficient (Wildman–Crippen LogP) is 0.169. The van der Waals surface area contributed by atoms with Crippen LogP contribution in [0.4, 0.5) is 4.79 Å². The number of carbonyl (C=O) groups excluding carboxylic acids is 5. The van der Waals surface area contributed by atoms with Gasteiger partial charge in [-0.25, -0.2) is 14.4 Å². The summed E-state index contributed by atoms with van der Waals surface area (Å²) in [6.07, 6.45) is 1.90. The van der Waals surface area contributed by atoms with Crippen molar-refractivity contribution in [1.82, 2.24) is 15.5 Å². The molecule has 0 spiro atoms. The van der Waals surface area contributed by atoms with Crippen LogP contribution in [0.3, 0.4) is 0 Å². The fourth-order valence-corrected chi connectivity index (χ4v) is 3.55. The van der Waals surface area contributed by atoms with Gasteiger partial charge in [-0.15, -0.1) is 0 Å². The number of ether oxygens (including phenoxy) is 2. The third-order valence-electron chi connectivity index (χ3n) is 5.38. The molecule has 12 heteroatoms. The SMILES string of the molecule is CC(C)[C@H](NC(=O)[C@@H]1CCCN1C(=O)CN)C(=O)OC(=O)[C@@H](N)CCCCNC(=O)OC(C)(C)C. The Balaban J connectivity index is 2.50. The van der Waals surface area contributed by atoms with E-state index in [1.54, 1.807) is 34.6 Å². The maximum Gasteiger partial charge on any atom is 0.407 e. The Hall–Kier alpha value is -2.73. The van der Waals surface area contributed by atoms with E-state index in [-0.39, 0.29) is 24.8 Å². The Morgan fingerprint density at radius 2 is 1.74 bits per heavy atom. The molecule has 12 nitrogen and oxygen atoms in total. The van der Waals surface area contributed by atoms with Crippen LogP contribution in [0.25, 0.3) is 0 Å². The summed E-state index contributed by atoms with van der Waals surface area (Å²) in [6, 6.07) is -2.82. The molecule has 3 atom stereocenters. The second kappa shape index (κ2) is 14.0. The monoisotopic (exact) mass is 499 g/mol. The lowest BCUT2D eigenvalue weighted by Crippen LogP contribution is -2.54. The van der Waals surface area contributed by atoms with Gasteiger partial charge in [-0.3, -0.25) is 9.59 Å². The minimum absolute atomic E-state index is 0.205. The maximum atomic E-state index is 12.7. The smallest absolute Gasteiger partial charge is 0.407 e. The summed E-state index contributed by atoms with van der Waals surface area (Å²) in [5.41, 5.74) is 10.7. The molecule has 0 aromatic carbocycles. The molecule has 1 saturated heterocycles. The molecule has 3 amide bonds. The zero-order chi connectivity index (χ0) is 26.8. The van der Waals surface area contributed by atoms with E-state index in [0.29, 0.717) is 38.8 Å². The van der Waals surface area contributed by atoms with E-state index >= 15 is 0 Å². The molecule has 0 aromatic rings. The standard InChI is InChI=1S/C23H41N5O7/c1-14(2)18(27-19(30)16-10-8-12-28(16)17(29)13-24)21(32)34-20(31)15(25)9-6-7-11-26-22(33)35-23(3,4)5/h14-16,18H,6-13,24-25H2,1-5H3,(H,26,33)(H,27,30)/t15-,16-,18-/m0/s1. The highest BCUT2D eigenvalue weighted by Crippen LogP contribution is 2.18. The van der Waals surface area contributed by atoms with Crippen molar-refractivity contribution >= 4 is 29.8 Å². The van der Waals surface area contributed by atoms with Crippen LogP contribution in [-0.2, 0) is 28.7 Å². The third-order valence-corrected chi connectivity index (χ3v) is 5.38. The molecule has 35 heavy (non-hydrogen) atoms. The van der Waals surface area contributed by atoms with Gasteiger partial charge < -0.3 is 36.5 Å². The Bertz CT molecular complexity index is 766. The van der Waals surface area contributed by atoms with Crippen molar-refractivity contribution in [1.29, 1.82) is 0 Å². The van der Waals surface area contributed by atoms with Crippen LogP contribution in [0.2, 0.25) is 0 Å². The first-order chi connectivity index (χ1) is 16.3. The molecule has 0 aromatic heterocycles. The van der Waals surface area contributed by atoms with Gasteiger partial charge in [0.15, 0.2) is 0 Å². The first-order valence-corrected chi connectivity index (χ1v) is 12.0. The summed E-state index contributed by atoms with van der Waals surface area (Å²) < 4.78 is 10.1. The topological polar surface area (TPSA) is 183 Å². The third kappa shape index (κ3) is 10.6. The molecule has 1 fully saturated rings. The van der Waals surface area contributed by atoms with Gasteiger partial charge in [0, 0.05) is 13.1 Å². The number of unbranched alkanes of at least 4 members (excludes halogenated alkanes) is 1. The van der Waals surface area contributed by atoms with Crippen LogP contribution >= 0.6 is 0 Å². The van der Waals surface area contributed by atoms with Crippen LogP contribution in [0, 0.1) is 5.92 Å². The molecule has 0 bridgehead atoms. The van der Waals surface area contributed by atoms with E-state index < -0.39 is 47.7 Å². The molecule has 6 N–H and O–H groups in total. The molecule has 1 heterocycles. The number of nitrogens with two attached hydrogens (primary N) is 2. The lowest BCUT2D eigenvalue weighted by Gasteiger charge is -2.27. The van der Waals surface area contributed by atoms with Crippen molar-refractivity contribution in [2.75, 3.05) is 19.6 Å². The summed E-state index contributed by atoms with van der Waals surface area (Å²) in [4.78, 5) is 62.6. The maximum absolute atomic E-state index is 12.7. The number of amides is 3. The summed E-state index contributed by atoms with van der Waals surface area (Å²) in [5.74, 6) is -3.00. The van der Waals surface area contributed by atoms with Crippen LogP contribution in [0.1, 0.15) is 66.7 Å². The lowest BCUT2D eigenvalue weighted by atomic mass is 10.0. The Labute approximate surface area is 206 Å². The Morgan fingerprint density at radius 1 is 1.09 bits per heavy atom. The van der Waals surface area contributed by atoms with Crippen molar-refractivity contribution in [2.45, 2.75) is 90.4 Å². The summed E-state index contributed by atoms with van der Waals surface area (Å²) in [5, 5.41) is 5.22. The number of carbonyl (C=O) groups is 5. The average Bonchev–Trinajstić information content (AvgIpc) is 3.24. The fourth-order valence-electron chi connectivity index (χ4n) is 3.55. The second-order valence-corrected chi connectivity index (χ2v) is 9.95. The van der Waals surface area contributed by atoms with E-state index in [4.69, 9.17) is 20.9 Å². The minimum Gasteiger partial charge on any atom is -0.444 e. The van der Waals surface area contributed by atoms with Gasteiger partial charge in [0.05, 0.1) is 6.54 Å². The van der Waals surface area contributed by atoms with Gasteiger partial charge in [0.25, 0.3) is 0 Å². The normalized spacial score (nSPS) is 17.5. The van der Waals surface area contributed by atoms with Gasteiger partial charge in [-0.1, -0.05) is 13.8 Å². The zero-order valence-electron chi connectivity index (χ0n) is 21.4. The van der Waals surface area contributed by atoms with Gasteiger partial charge in [-0.2, -0.15) is 0 Å². The van der Waals surface area contributed by atoms with Gasteiger partial charge in [0.1, 0.15) is 23.7 Å². The highest BCUT2D eigenvalue weighted by Gasteiger charge is 2.37. The van der Waals surface area contributed by atoms with E-state index in [1.165, 1.54) is 4.90 Å². The molecule has 1 rings (SSSR count). The fraction of sp³-hybridized carbons (Fsp3) is 0.783. The molecule has 1 aliphatic heterocycles. The van der Waals surface area contributed by atoms with Gasteiger partial charge >= 0.3 is 18.0 Å². The summed E-state index contributed by atoms with van der Waals surface area (Å²) in [6.45, 7) is 9.26. The molecule has 0 aliphatic carbocycles. The van der Waals surface area contributed by atoms with Crippen LogP contribution in [-0.4, -0.2) is 78.1 Å². The van der Waals surface area contributed by atoms with Crippen LogP contribution in [0.15, 0.2) is 0 Å². The van der Waals surface area contributed by atoms with Crippen molar-refractivity contribution < 1.29 is 33.4 Å². The van der Waals surface area contributed by atoms with Crippen molar-refractivity contribution in [3.63, 3.8) is 0 Å². The minimum atomic E-state index is -1.08. The number of nitrogens with one attached hydrogen (secondary N) is 2. The first kappa shape index (κ1) is 30.3. The number of hydrogen-bond donors (Lipinski definition) is 4. The van der Waals surface area contributed by atoms with E-state index in [2.05, 4.69) is 10.6 Å². The van der Waals surface area contributed by atoms with Crippen molar-refractivity contribution in [3.05, 3.63) is 0 Å².